The number of hydrogen-bond donors (Lipinski definition) is 2. The molecule has 1 aliphatic rings. The first kappa shape index (κ1) is 23.3. The molecule has 0 aliphatic heterocycles. The fourth-order valence-corrected chi connectivity index (χ4v) is 5.54. The monoisotopic (exact) mass is 483 g/mol. The molecule has 2 amide bonds. The number of benzene rings is 2. The maximum atomic E-state index is 12.6. The van der Waals surface area contributed by atoms with Gasteiger partial charge in [-0.15, -0.1) is 11.3 Å². The van der Waals surface area contributed by atoms with Crippen molar-refractivity contribution in [1.82, 2.24) is 4.98 Å². The van der Waals surface area contributed by atoms with Gasteiger partial charge >= 0.3 is 12.0 Å². The SMILES string of the molecule is COC(=O)C1(c2ncc(-c3ccc(NC(=O)Nc4cc(C)ccc4Cl)cc3)s2)CCCCC1. The molecule has 1 aliphatic carbocycles. The van der Waals surface area contributed by atoms with Gasteiger partial charge in [0, 0.05) is 11.9 Å². The lowest BCUT2D eigenvalue weighted by molar-refractivity contribution is -0.149. The van der Waals surface area contributed by atoms with Crippen molar-refractivity contribution in [3.05, 3.63) is 64.3 Å². The van der Waals surface area contributed by atoms with E-state index < -0.39 is 5.41 Å². The zero-order valence-electron chi connectivity index (χ0n) is 18.6. The van der Waals surface area contributed by atoms with Gasteiger partial charge in [-0.25, -0.2) is 9.78 Å². The van der Waals surface area contributed by atoms with Crippen molar-refractivity contribution >= 4 is 46.3 Å². The van der Waals surface area contributed by atoms with E-state index in [1.165, 1.54) is 18.4 Å². The third-order valence-electron chi connectivity index (χ3n) is 6.00. The summed E-state index contributed by atoms with van der Waals surface area (Å²) >= 11 is 7.69. The first-order chi connectivity index (χ1) is 15.9. The summed E-state index contributed by atoms with van der Waals surface area (Å²) in [6.07, 6.45) is 6.49. The van der Waals surface area contributed by atoms with Crippen molar-refractivity contribution in [3.8, 4) is 10.4 Å². The number of carbonyl (C=O) groups is 2. The van der Waals surface area contributed by atoms with E-state index in [1.807, 2.05) is 49.5 Å². The normalized spacial score (nSPS) is 15.0. The summed E-state index contributed by atoms with van der Waals surface area (Å²) in [5.74, 6) is -0.192. The van der Waals surface area contributed by atoms with Gasteiger partial charge in [0.15, 0.2) is 0 Å². The van der Waals surface area contributed by atoms with Crippen LogP contribution in [-0.4, -0.2) is 24.1 Å². The lowest BCUT2D eigenvalue weighted by Crippen LogP contribution is -2.38. The summed E-state index contributed by atoms with van der Waals surface area (Å²) in [5, 5.41) is 6.89. The van der Waals surface area contributed by atoms with Gasteiger partial charge < -0.3 is 15.4 Å². The van der Waals surface area contributed by atoms with Crippen LogP contribution in [0.25, 0.3) is 10.4 Å². The zero-order chi connectivity index (χ0) is 23.4. The van der Waals surface area contributed by atoms with E-state index in [4.69, 9.17) is 16.3 Å². The Hall–Kier alpha value is -2.90. The highest BCUT2D eigenvalue weighted by molar-refractivity contribution is 7.15. The fraction of sp³-hybridized carbons (Fsp3) is 0.320. The number of rotatable bonds is 5. The molecule has 0 saturated heterocycles. The van der Waals surface area contributed by atoms with Gasteiger partial charge in [-0.05, 0) is 55.2 Å². The molecule has 0 unspecified atom stereocenters. The minimum absolute atomic E-state index is 0.192. The number of nitrogens with one attached hydrogen (secondary N) is 2. The number of urea groups is 1. The smallest absolute Gasteiger partial charge is 0.323 e. The largest absolute Gasteiger partial charge is 0.468 e. The number of aryl methyl sites for hydroxylation is 1. The standard InChI is InChI=1S/C25H26ClN3O3S/c1-16-6-11-19(26)20(14-16)29-24(31)28-18-9-7-17(8-10-18)21-15-27-22(33-21)25(23(30)32-2)12-4-3-5-13-25/h6-11,14-15H,3-5,12-13H2,1-2H3,(H2,28,29,31). The van der Waals surface area contributed by atoms with Gasteiger partial charge in [0.05, 0.1) is 22.7 Å². The number of esters is 1. The van der Waals surface area contributed by atoms with Crippen molar-refractivity contribution in [3.63, 3.8) is 0 Å². The highest BCUT2D eigenvalue weighted by atomic mass is 35.5. The van der Waals surface area contributed by atoms with E-state index in [-0.39, 0.29) is 12.0 Å². The number of amides is 2. The molecule has 1 fully saturated rings. The predicted molar refractivity (Wildman–Crippen MR) is 133 cm³/mol. The first-order valence-corrected chi connectivity index (χ1v) is 12.1. The third-order valence-corrected chi connectivity index (χ3v) is 7.58. The third kappa shape index (κ3) is 5.04. The maximum absolute atomic E-state index is 12.6. The molecule has 4 rings (SSSR count). The number of ether oxygens (including phenoxy) is 1. The topological polar surface area (TPSA) is 80.3 Å². The van der Waals surface area contributed by atoms with Crippen molar-refractivity contribution in [1.29, 1.82) is 0 Å². The molecule has 172 valence electrons. The number of halogens is 1. The molecule has 3 aromatic rings. The summed E-state index contributed by atoms with van der Waals surface area (Å²) in [6, 6.07) is 12.6. The molecule has 6 nitrogen and oxygen atoms in total. The van der Waals surface area contributed by atoms with Crippen LogP contribution in [0.3, 0.4) is 0 Å². The Morgan fingerprint density at radius 1 is 1.06 bits per heavy atom. The molecule has 0 radical (unpaired) electrons. The molecule has 2 aromatic carbocycles. The Bertz CT molecular complexity index is 1150. The molecular weight excluding hydrogens is 458 g/mol. The Morgan fingerprint density at radius 2 is 1.79 bits per heavy atom. The predicted octanol–water partition coefficient (Wildman–Crippen LogP) is 6.79. The highest BCUT2D eigenvalue weighted by Gasteiger charge is 2.44. The molecule has 2 N–H and O–H groups in total. The number of hydrogen-bond acceptors (Lipinski definition) is 5. The number of thiazole rings is 1. The van der Waals surface area contributed by atoms with Crippen LogP contribution >= 0.6 is 22.9 Å². The van der Waals surface area contributed by atoms with Crippen LogP contribution in [0.2, 0.25) is 5.02 Å². The summed E-state index contributed by atoms with van der Waals surface area (Å²) in [5.41, 5.74) is 2.56. The molecule has 8 heteroatoms. The van der Waals surface area contributed by atoms with Crippen LogP contribution in [0.5, 0.6) is 0 Å². The average Bonchev–Trinajstić information content (AvgIpc) is 3.33. The number of nitrogens with zero attached hydrogens (tertiary/aromatic N) is 1. The summed E-state index contributed by atoms with van der Waals surface area (Å²) in [4.78, 5) is 30.6. The lowest BCUT2D eigenvalue weighted by atomic mass is 9.74. The van der Waals surface area contributed by atoms with Crippen LogP contribution in [0.1, 0.15) is 42.7 Å². The zero-order valence-corrected chi connectivity index (χ0v) is 20.2. The first-order valence-electron chi connectivity index (χ1n) is 10.9. The van der Waals surface area contributed by atoms with Gasteiger partial charge in [-0.3, -0.25) is 4.79 Å². The molecule has 33 heavy (non-hydrogen) atoms. The van der Waals surface area contributed by atoms with Crippen molar-refractivity contribution in [2.75, 3.05) is 17.7 Å². The van der Waals surface area contributed by atoms with E-state index >= 15 is 0 Å². The van der Waals surface area contributed by atoms with Gasteiger partial charge in [0.1, 0.15) is 10.4 Å². The van der Waals surface area contributed by atoms with Crippen molar-refractivity contribution in [2.24, 2.45) is 0 Å². The number of carbonyl (C=O) groups excluding carboxylic acids is 2. The molecule has 1 saturated carbocycles. The number of methoxy groups -OCH3 is 1. The van der Waals surface area contributed by atoms with Crippen LogP contribution in [0.4, 0.5) is 16.2 Å². The molecule has 1 heterocycles. The Kier molecular flexibility index (Phi) is 7.00. The molecule has 1 aromatic heterocycles. The molecule has 0 bridgehead atoms. The Labute approximate surface area is 202 Å². The Morgan fingerprint density at radius 3 is 2.48 bits per heavy atom. The minimum atomic E-state index is -0.632. The minimum Gasteiger partial charge on any atom is -0.468 e. The average molecular weight is 484 g/mol. The van der Waals surface area contributed by atoms with Crippen LogP contribution in [-0.2, 0) is 14.9 Å². The van der Waals surface area contributed by atoms with Crippen molar-refractivity contribution < 1.29 is 14.3 Å². The van der Waals surface area contributed by atoms with Crippen LogP contribution in [0, 0.1) is 6.92 Å². The maximum Gasteiger partial charge on any atom is 0.323 e. The highest BCUT2D eigenvalue weighted by Crippen LogP contribution is 2.43. The molecular formula is C25H26ClN3O3S. The van der Waals surface area contributed by atoms with Gasteiger partial charge in [-0.2, -0.15) is 0 Å². The lowest BCUT2D eigenvalue weighted by Gasteiger charge is -2.32. The number of anilines is 2. The quantitative estimate of drug-likeness (QED) is 0.391. The van der Waals surface area contributed by atoms with Gasteiger partial charge in [0.2, 0.25) is 0 Å². The van der Waals surface area contributed by atoms with Gasteiger partial charge in [0.25, 0.3) is 0 Å². The van der Waals surface area contributed by atoms with E-state index in [9.17, 15) is 9.59 Å². The number of aromatic nitrogens is 1. The van der Waals surface area contributed by atoms with Crippen molar-refractivity contribution in [2.45, 2.75) is 44.4 Å². The summed E-state index contributed by atoms with van der Waals surface area (Å²) in [6.45, 7) is 1.93. The van der Waals surface area contributed by atoms with Crippen LogP contribution in [0.15, 0.2) is 48.7 Å². The van der Waals surface area contributed by atoms with Crippen LogP contribution < -0.4 is 10.6 Å². The molecule has 0 atom stereocenters. The summed E-state index contributed by atoms with van der Waals surface area (Å²) < 4.78 is 5.14. The van der Waals surface area contributed by atoms with E-state index in [2.05, 4.69) is 15.6 Å². The van der Waals surface area contributed by atoms with E-state index in [0.29, 0.717) is 16.4 Å². The van der Waals surface area contributed by atoms with E-state index in [0.717, 1.165) is 53.1 Å². The fourth-order valence-electron chi connectivity index (χ4n) is 4.22. The second-order valence-electron chi connectivity index (χ2n) is 8.30. The Balaban J connectivity index is 1.46. The van der Waals surface area contributed by atoms with Gasteiger partial charge in [-0.1, -0.05) is 49.1 Å². The van der Waals surface area contributed by atoms with E-state index in [1.54, 1.807) is 6.07 Å². The second-order valence-corrected chi connectivity index (χ2v) is 9.74. The second kappa shape index (κ2) is 9.93. The molecule has 0 spiro atoms. The summed E-state index contributed by atoms with van der Waals surface area (Å²) in [7, 11) is 1.45.